The van der Waals surface area contributed by atoms with Gasteiger partial charge in [0.2, 0.25) is 11.8 Å². The number of carbonyl (C=O) groups excluding carboxylic acids is 2. The Morgan fingerprint density at radius 3 is 2.79 bits per heavy atom. The SMILES string of the molecule is CC(=O)N1CCCc2cc(NC(=O)C3CCCCC3(C)N)ccc21. The monoisotopic (exact) mass is 329 g/mol. The minimum atomic E-state index is -0.429. The number of anilines is 2. The molecule has 24 heavy (non-hydrogen) atoms. The van der Waals surface area contributed by atoms with Crippen LogP contribution in [0.2, 0.25) is 0 Å². The fraction of sp³-hybridized carbons (Fsp3) is 0.579. The van der Waals surface area contributed by atoms with Crippen LogP contribution in [0.4, 0.5) is 11.4 Å². The first-order valence-corrected chi connectivity index (χ1v) is 8.89. The number of hydrogen-bond acceptors (Lipinski definition) is 3. The Kier molecular flexibility index (Phi) is 4.63. The van der Waals surface area contributed by atoms with Gasteiger partial charge in [-0.25, -0.2) is 0 Å². The molecule has 5 heteroatoms. The summed E-state index contributed by atoms with van der Waals surface area (Å²) >= 11 is 0. The van der Waals surface area contributed by atoms with Crippen LogP contribution < -0.4 is 16.0 Å². The summed E-state index contributed by atoms with van der Waals surface area (Å²) in [4.78, 5) is 26.2. The van der Waals surface area contributed by atoms with E-state index < -0.39 is 5.54 Å². The predicted molar refractivity (Wildman–Crippen MR) is 96.0 cm³/mol. The lowest BCUT2D eigenvalue weighted by Crippen LogP contribution is -2.51. The van der Waals surface area contributed by atoms with Gasteiger partial charge in [0.25, 0.3) is 0 Å². The average molecular weight is 329 g/mol. The van der Waals surface area contributed by atoms with Gasteiger partial charge in [0.15, 0.2) is 0 Å². The molecule has 0 aromatic heterocycles. The van der Waals surface area contributed by atoms with Gasteiger partial charge in [-0.15, -0.1) is 0 Å². The highest BCUT2D eigenvalue weighted by molar-refractivity contribution is 5.96. The van der Waals surface area contributed by atoms with E-state index in [1.165, 1.54) is 0 Å². The van der Waals surface area contributed by atoms with Gasteiger partial charge in [-0.2, -0.15) is 0 Å². The molecule has 2 amide bonds. The minimum Gasteiger partial charge on any atom is -0.326 e. The smallest absolute Gasteiger partial charge is 0.229 e. The maximum atomic E-state index is 12.7. The second-order valence-electron chi connectivity index (χ2n) is 7.41. The Labute approximate surface area is 143 Å². The van der Waals surface area contributed by atoms with E-state index >= 15 is 0 Å². The number of nitrogens with two attached hydrogens (primary N) is 1. The van der Waals surface area contributed by atoms with Gasteiger partial charge in [0, 0.05) is 30.4 Å². The van der Waals surface area contributed by atoms with Crippen molar-refractivity contribution in [1.29, 1.82) is 0 Å². The molecule has 2 aliphatic rings. The first-order chi connectivity index (χ1) is 11.4. The van der Waals surface area contributed by atoms with Crippen molar-refractivity contribution in [2.75, 3.05) is 16.8 Å². The van der Waals surface area contributed by atoms with E-state index in [4.69, 9.17) is 5.73 Å². The molecule has 0 radical (unpaired) electrons. The van der Waals surface area contributed by atoms with E-state index in [1.807, 2.05) is 30.0 Å². The molecule has 3 rings (SSSR count). The third-order valence-corrected chi connectivity index (χ3v) is 5.42. The van der Waals surface area contributed by atoms with Gasteiger partial charge in [-0.3, -0.25) is 9.59 Å². The third kappa shape index (κ3) is 3.31. The fourth-order valence-corrected chi connectivity index (χ4v) is 4.02. The lowest BCUT2D eigenvalue weighted by Gasteiger charge is -2.37. The van der Waals surface area contributed by atoms with Crippen LogP contribution in [0.3, 0.4) is 0 Å². The third-order valence-electron chi connectivity index (χ3n) is 5.42. The number of nitrogens with zero attached hydrogens (tertiary/aromatic N) is 1. The van der Waals surface area contributed by atoms with Crippen LogP contribution in [0.1, 0.15) is 51.5 Å². The number of rotatable bonds is 2. The molecule has 1 saturated carbocycles. The molecular formula is C19H27N3O2. The van der Waals surface area contributed by atoms with Crippen LogP contribution in [-0.4, -0.2) is 23.9 Å². The van der Waals surface area contributed by atoms with Crippen LogP contribution in [0, 0.1) is 5.92 Å². The zero-order valence-corrected chi connectivity index (χ0v) is 14.6. The summed E-state index contributed by atoms with van der Waals surface area (Å²) in [7, 11) is 0. The number of aryl methyl sites for hydroxylation is 1. The molecule has 1 aliphatic carbocycles. The zero-order chi connectivity index (χ0) is 17.3. The number of carbonyl (C=O) groups is 2. The van der Waals surface area contributed by atoms with Crippen molar-refractivity contribution in [2.24, 2.45) is 11.7 Å². The van der Waals surface area contributed by atoms with Gasteiger partial charge >= 0.3 is 0 Å². The molecule has 1 aromatic carbocycles. The van der Waals surface area contributed by atoms with Crippen molar-refractivity contribution in [3.8, 4) is 0 Å². The molecule has 1 aromatic rings. The van der Waals surface area contributed by atoms with Crippen molar-refractivity contribution >= 4 is 23.2 Å². The maximum Gasteiger partial charge on any atom is 0.229 e. The molecule has 5 nitrogen and oxygen atoms in total. The lowest BCUT2D eigenvalue weighted by molar-refractivity contribution is -0.122. The molecule has 2 unspecified atom stereocenters. The normalized spacial score (nSPS) is 26.6. The highest BCUT2D eigenvalue weighted by atomic mass is 16.2. The maximum absolute atomic E-state index is 12.7. The second kappa shape index (κ2) is 6.55. The zero-order valence-electron chi connectivity index (χ0n) is 14.6. The van der Waals surface area contributed by atoms with Gasteiger partial charge in [-0.1, -0.05) is 12.8 Å². The van der Waals surface area contributed by atoms with Crippen LogP contribution >= 0.6 is 0 Å². The molecule has 1 aliphatic heterocycles. The summed E-state index contributed by atoms with van der Waals surface area (Å²) in [6, 6.07) is 5.82. The summed E-state index contributed by atoms with van der Waals surface area (Å²) in [5.74, 6) is -0.0660. The molecule has 3 N–H and O–H groups in total. The van der Waals surface area contributed by atoms with Crippen LogP contribution in [0.5, 0.6) is 0 Å². The number of benzene rings is 1. The first-order valence-electron chi connectivity index (χ1n) is 8.89. The van der Waals surface area contributed by atoms with Crippen molar-refractivity contribution < 1.29 is 9.59 Å². The Balaban J connectivity index is 1.76. The van der Waals surface area contributed by atoms with E-state index in [-0.39, 0.29) is 17.7 Å². The van der Waals surface area contributed by atoms with Crippen molar-refractivity contribution in [1.82, 2.24) is 0 Å². The number of hydrogen-bond donors (Lipinski definition) is 2. The van der Waals surface area contributed by atoms with E-state index in [2.05, 4.69) is 5.32 Å². The largest absolute Gasteiger partial charge is 0.326 e. The quantitative estimate of drug-likeness (QED) is 0.876. The molecule has 0 spiro atoms. The van der Waals surface area contributed by atoms with Crippen LogP contribution in [0.25, 0.3) is 0 Å². The van der Waals surface area contributed by atoms with E-state index in [9.17, 15) is 9.59 Å². The second-order valence-corrected chi connectivity index (χ2v) is 7.41. The summed E-state index contributed by atoms with van der Waals surface area (Å²) in [5.41, 5.74) is 8.79. The molecule has 1 fully saturated rings. The van der Waals surface area contributed by atoms with E-state index in [0.717, 1.165) is 62.0 Å². The Bertz CT molecular complexity index is 654. The number of nitrogens with one attached hydrogen (secondary N) is 1. The summed E-state index contributed by atoms with van der Waals surface area (Å²) in [5, 5.41) is 3.04. The molecule has 1 heterocycles. The van der Waals surface area contributed by atoms with Gasteiger partial charge < -0.3 is 16.0 Å². The first kappa shape index (κ1) is 17.0. The number of amides is 2. The standard InChI is InChI=1S/C19H27N3O2/c1-13(23)22-11-5-6-14-12-15(8-9-17(14)22)21-18(24)16-7-3-4-10-19(16,2)20/h8-9,12,16H,3-7,10-11,20H2,1-2H3,(H,21,24). The summed E-state index contributed by atoms with van der Waals surface area (Å²) < 4.78 is 0. The average Bonchev–Trinajstić information content (AvgIpc) is 2.53. The molecule has 2 atom stereocenters. The van der Waals surface area contributed by atoms with E-state index in [1.54, 1.807) is 6.92 Å². The van der Waals surface area contributed by atoms with Gasteiger partial charge in [0.1, 0.15) is 0 Å². The van der Waals surface area contributed by atoms with Gasteiger partial charge in [-0.05, 0) is 56.4 Å². The van der Waals surface area contributed by atoms with Crippen molar-refractivity contribution in [3.05, 3.63) is 23.8 Å². The van der Waals surface area contributed by atoms with Crippen LogP contribution in [0.15, 0.2) is 18.2 Å². The van der Waals surface area contributed by atoms with Crippen LogP contribution in [-0.2, 0) is 16.0 Å². The summed E-state index contributed by atoms with van der Waals surface area (Å²) in [6.07, 6.45) is 5.78. The van der Waals surface area contributed by atoms with Crippen molar-refractivity contribution in [3.63, 3.8) is 0 Å². The highest BCUT2D eigenvalue weighted by Crippen LogP contribution is 2.34. The minimum absolute atomic E-state index is 0.0129. The van der Waals surface area contributed by atoms with Gasteiger partial charge in [0.05, 0.1) is 5.92 Å². The molecule has 130 valence electrons. The predicted octanol–water partition coefficient (Wildman–Crippen LogP) is 2.83. The fourth-order valence-electron chi connectivity index (χ4n) is 4.02. The number of fused-ring (bicyclic) bond motifs is 1. The highest BCUT2D eigenvalue weighted by Gasteiger charge is 2.37. The lowest BCUT2D eigenvalue weighted by atomic mass is 9.74. The summed E-state index contributed by atoms with van der Waals surface area (Å²) in [6.45, 7) is 4.34. The van der Waals surface area contributed by atoms with E-state index in [0.29, 0.717) is 0 Å². The molecule has 0 bridgehead atoms. The van der Waals surface area contributed by atoms with Crippen molar-refractivity contribution in [2.45, 2.75) is 57.9 Å². The molecule has 0 saturated heterocycles. The Morgan fingerprint density at radius 2 is 2.08 bits per heavy atom. The topological polar surface area (TPSA) is 75.4 Å². The Morgan fingerprint density at radius 1 is 1.29 bits per heavy atom. The molecular weight excluding hydrogens is 302 g/mol. The Hall–Kier alpha value is -1.88.